The van der Waals surface area contributed by atoms with Crippen LogP contribution in [0.1, 0.15) is 16.7 Å². The number of aromatic nitrogens is 3. The first-order chi connectivity index (χ1) is 13.8. The van der Waals surface area contributed by atoms with Crippen LogP contribution in [0.3, 0.4) is 0 Å². The minimum atomic E-state index is -4.45. The molecule has 4 aromatic rings. The highest BCUT2D eigenvalue weighted by molar-refractivity contribution is 5.80. The Hall–Kier alpha value is -3.55. The van der Waals surface area contributed by atoms with Gasteiger partial charge in [0.1, 0.15) is 11.4 Å². The van der Waals surface area contributed by atoms with Gasteiger partial charge in [0.2, 0.25) is 11.8 Å². The van der Waals surface area contributed by atoms with Gasteiger partial charge >= 0.3 is 6.18 Å². The smallest absolute Gasteiger partial charge is 0.416 e. The molecule has 2 aromatic heterocycles. The van der Waals surface area contributed by atoms with Crippen molar-refractivity contribution in [2.24, 2.45) is 0 Å². The lowest BCUT2D eigenvalue weighted by Crippen LogP contribution is -2.04. The number of fused-ring (bicyclic) bond motifs is 1. The molecule has 0 saturated heterocycles. The number of aromatic amines is 1. The van der Waals surface area contributed by atoms with E-state index in [1.54, 1.807) is 12.1 Å². The molecule has 0 radical (unpaired) electrons. The standard InChI is InChI=1S/C21H17F3N4O/c1-12-9-17-18(10-13(12)2)28-20(27-17)26-16-7-4-8-25-19(16)29-15-6-3-5-14(11-15)21(22,23)24/h3-11H,1-2H3,(H2,26,27,28). The number of pyridine rings is 1. The molecule has 0 aliphatic rings. The van der Waals surface area contributed by atoms with E-state index < -0.39 is 11.7 Å². The zero-order valence-corrected chi connectivity index (χ0v) is 15.6. The number of nitrogens with zero attached hydrogens (tertiary/aromatic N) is 2. The maximum absolute atomic E-state index is 12.9. The van der Waals surface area contributed by atoms with Crippen molar-refractivity contribution < 1.29 is 17.9 Å². The van der Waals surface area contributed by atoms with E-state index in [4.69, 9.17) is 4.74 Å². The summed E-state index contributed by atoms with van der Waals surface area (Å²) in [6, 6.07) is 12.0. The molecule has 0 amide bonds. The highest BCUT2D eigenvalue weighted by Crippen LogP contribution is 2.34. The maximum atomic E-state index is 12.9. The third-order valence-corrected chi connectivity index (χ3v) is 4.50. The van der Waals surface area contributed by atoms with Crippen molar-refractivity contribution in [2.45, 2.75) is 20.0 Å². The summed E-state index contributed by atoms with van der Waals surface area (Å²) in [6.45, 7) is 4.03. The zero-order valence-electron chi connectivity index (χ0n) is 15.6. The van der Waals surface area contributed by atoms with Crippen LogP contribution < -0.4 is 10.1 Å². The number of rotatable bonds is 4. The summed E-state index contributed by atoms with van der Waals surface area (Å²) in [7, 11) is 0. The van der Waals surface area contributed by atoms with Crippen LogP contribution in [0.4, 0.5) is 24.8 Å². The summed E-state index contributed by atoms with van der Waals surface area (Å²) in [5.41, 5.74) is 3.63. The van der Waals surface area contributed by atoms with Gasteiger partial charge in [0.05, 0.1) is 16.6 Å². The fourth-order valence-electron chi connectivity index (χ4n) is 2.87. The molecule has 2 heterocycles. The van der Waals surface area contributed by atoms with Gasteiger partial charge in [-0.3, -0.25) is 0 Å². The van der Waals surface area contributed by atoms with E-state index in [2.05, 4.69) is 20.3 Å². The van der Waals surface area contributed by atoms with Gasteiger partial charge in [0.15, 0.2) is 0 Å². The van der Waals surface area contributed by atoms with Crippen molar-refractivity contribution in [2.75, 3.05) is 5.32 Å². The van der Waals surface area contributed by atoms with Crippen LogP contribution in [-0.2, 0) is 6.18 Å². The molecule has 0 bridgehead atoms. The lowest BCUT2D eigenvalue weighted by molar-refractivity contribution is -0.137. The summed E-state index contributed by atoms with van der Waals surface area (Å²) >= 11 is 0. The minimum absolute atomic E-state index is 0.0393. The number of hydrogen-bond donors (Lipinski definition) is 2. The third-order valence-electron chi connectivity index (χ3n) is 4.50. The molecule has 29 heavy (non-hydrogen) atoms. The Bertz CT molecular complexity index is 1150. The highest BCUT2D eigenvalue weighted by atomic mass is 19.4. The molecule has 0 fully saturated rings. The Kier molecular flexibility index (Phi) is 4.62. The van der Waals surface area contributed by atoms with Crippen LogP contribution in [0.25, 0.3) is 11.0 Å². The van der Waals surface area contributed by atoms with Crippen molar-refractivity contribution >= 4 is 22.7 Å². The predicted octanol–water partition coefficient (Wildman–Crippen LogP) is 6.13. The second kappa shape index (κ2) is 7.12. The van der Waals surface area contributed by atoms with E-state index in [1.807, 2.05) is 26.0 Å². The first-order valence-electron chi connectivity index (χ1n) is 8.84. The number of halogens is 3. The number of H-pyrrole nitrogens is 1. The SMILES string of the molecule is Cc1cc2nc(Nc3cccnc3Oc3cccc(C(F)(F)F)c3)[nH]c2cc1C. The average Bonchev–Trinajstić information content (AvgIpc) is 3.04. The molecular formula is C21H17F3N4O. The van der Waals surface area contributed by atoms with Crippen molar-refractivity contribution in [1.29, 1.82) is 0 Å². The molecule has 8 heteroatoms. The molecule has 5 nitrogen and oxygen atoms in total. The lowest BCUT2D eigenvalue weighted by atomic mass is 10.1. The molecule has 2 aromatic carbocycles. The molecule has 0 spiro atoms. The largest absolute Gasteiger partial charge is 0.437 e. The van der Waals surface area contributed by atoms with Gasteiger partial charge in [-0.2, -0.15) is 13.2 Å². The molecular weight excluding hydrogens is 381 g/mol. The maximum Gasteiger partial charge on any atom is 0.416 e. The van der Waals surface area contributed by atoms with Gasteiger partial charge in [-0.1, -0.05) is 6.07 Å². The Morgan fingerprint density at radius 2 is 1.79 bits per heavy atom. The molecule has 0 aliphatic heterocycles. The molecule has 148 valence electrons. The van der Waals surface area contributed by atoms with E-state index in [-0.39, 0.29) is 11.6 Å². The van der Waals surface area contributed by atoms with Gasteiger partial charge in [-0.05, 0) is 67.4 Å². The first-order valence-corrected chi connectivity index (χ1v) is 8.84. The van der Waals surface area contributed by atoms with E-state index >= 15 is 0 Å². The number of imidazole rings is 1. The Morgan fingerprint density at radius 1 is 1.00 bits per heavy atom. The molecule has 0 aliphatic carbocycles. The fraction of sp³-hybridized carbons (Fsp3) is 0.143. The third kappa shape index (κ3) is 4.01. The van der Waals surface area contributed by atoms with E-state index in [9.17, 15) is 13.2 Å². The van der Waals surface area contributed by atoms with Crippen molar-refractivity contribution in [3.05, 3.63) is 71.4 Å². The van der Waals surface area contributed by atoms with Crippen molar-refractivity contribution in [1.82, 2.24) is 15.0 Å². The number of ether oxygens (including phenoxy) is 1. The summed E-state index contributed by atoms with van der Waals surface area (Å²) in [5, 5.41) is 3.09. The van der Waals surface area contributed by atoms with Crippen molar-refractivity contribution in [3.63, 3.8) is 0 Å². The van der Waals surface area contributed by atoms with Crippen molar-refractivity contribution in [3.8, 4) is 11.6 Å². The Morgan fingerprint density at radius 3 is 2.59 bits per heavy atom. The molecule has 0 unspecified atom stereocenters. The van der Waals surface area contributed by atoms with Crippen LogP contribution >= 0.6 is 0 Å². The number of hydrogen-bond acceptors (Lipinski definition) is 4. The van der Waals surface area contributed by atoms with E-state index in [0.717, 1.165) is 34.3 Å². The second-order valence-electron chi connectivity index (χ2n) is 6.65. The summed E-state index contributed by atoms with van der Waals surface area (Å²) in [4.78, 5) is 11.8. The molecule has 0 saturated carbocycles. The first kappa shape index (κ1) is 18.8. The van der Waals surface area contributed by atoms with Crippen LogP contribution in [0.15, 0.2) is 54.7 Å². The molecule has 4 rings (SSSR count). The monoisotopic (exact) mass is 398 g/mol. The Balaban J connectivity index is 1.62. The number of nitrogens with one attached hydrogen (secondary N) is 2. The van der Waals surface area contributed by atoms with Crippen LogP contribution in [-0.4, -0.2) is 15.0 Å². The summed E-state index contributed by atoms with van der Waals surface area (Å²) in [5.74, 6) is 0.656. The number of alkyl halides is 3. The lowest BCUT2D eigenvalue weighted by Gasteiger charge is -2.12. The summed E-state index contributed by atoms with van der Waals surface area (Å²) < 4.78 is 44.4. The molecule has 2 N–H and O–H groups in total. The second-order valence-corrected chi connectivity index (χ2v) is 6.65. The average molecular weight is 398 g/mol. The highest BCUT2D eigenvalue weighted by Gasteiger charge is 2.30. The van der Waals surface area contributed by atoms with Gasteiger partial charge < -0.3 is 15.0 Å². The van der Waals surface area contributed by atoms with Crippen LogP contribution in [0, 0.1) is 13.8 Å². The number of benzene rings is 2. The van der Waals surface area contributed by atoms with Crippen LogP contribution in [0.5, 0.6) is 11.6 Å². The predicted molar refractivity (Wildman–Crippen MR) is 105 cm³/mol. The zero-order chi connectivity index (χ0) is 20.6. The van der Waals surface area contributed by atoms with Gasteiger partial charge in [-0.15, -0.1) is 0 Å². The normalized spacial score (nSPS) is 11.6. The van der Waals surface area contributed by atoms with E-state index in [0.29, 0.717) is 11.6 Å². The van der Waals surface area contributed by atoms with Gasteiger partial charge in [-0.25, -0.2) is 9.97 Å². The van der Waals surface area contributed by atoms with E-state index in [1.165, 1.54) is 18.3 Å². The number of aryl methyl sites for hydroxylation is 2. The Labute approximate surface area is 164 Å². The molecule has 0 atom stereocenters. The number of anilines is 2. The topological polar surface area (TPSA) is 62.8 Å². The fourth-order valence-corrected chi connectivity index (χ4v) is 2.87. The van der Waals surface area contributed by atoms with Gasteiger partial charge in [0, 0.05) is 6.20 Å². The summed E-state index contributed by atoms with van der Waals surface area (Å²) in [6.07, 6.45) is -2.95. The van der Waals surface area contributed by atoms with Gasteiger partial charge in [0.25, 0.3) is 0 Å². The van der Waals surface area contributed by atoms with Crippen LogP contribution in [0.2, 0.25) is 0 Å². The quantitative estimate of drug-likeness (QED) is 0.434. The minimum Gasteiger partial charge on any atom is -0.437 e.